The number of nitrogens with zero attached hydrogens (tertiary/aromatic N) is 1. The van der Waals surface area contributed by atoms with Crippen molar-refractivity contribution >= 4 is 11.3 Å². The summed E-state index contributed by atoms with van der Waals surface area (Å²) in [5.41, 5.74) is 6.07. The summed E-state index contributed by atoms with van der Waals surface area (Å²) in [5, 5.41) is 1.09. The minimum atomic E-state index is -0.211. The maximum atomic E-state index is 6.28. The molecule has 0 spiro atoms. The fraction of sp³-hybridized carbons (Fsp3) is 0.727. The monoisotopic (exact) mass is 212 g/mol. The molecule has 0 fully saturated rings. The van der Waals surface area contributed by atoms with Gasteiger partial charge in [-0.1, -0.05) is 27.7 Å². The van der Waals surface area contributed by atoms with Crippen LogP contribution in [0.5, 0.6) is 0 Å². The molecular formula is C11H20N2S. The first kappa shape index (κ1) is 11.7. The van der Waals surface area contributed by atoms with Crippen molar-refractivity contribution in [2.45, 2.75) is 52.0 Å². The Balaban J connectivity index is 2.95. The molecule has 80 valence electrons. The molecule has 1 aromatic heterocycles. The van der Waals surface area contributed by atoms with Gasteiger partial charge in [-0.2, -0.15) is 0 Å². The zero-order chi connectivity index (χ0) is 10.8. The molecule has 2 N–H and O–H groups in total. The van der Waals surface area contributed by atoms with Gasteiger partial charge in [0.05, 0.1) is 5.54 Å². The van der Waals surface area contributed by atoms with Crippen molar-refractivity contribution in [3.63, 3.8) is 0 Å². The highest BCUT2D eigenvalue weighted by Gasteiger charge is 2.26. The van der Waals surface area contributed by atoms with Crippen LogP contribution < -0.4 is 5.73 Å². The van der Waals surface area contributed by atoms with E-state index in [9.17, 15) is 0 Å². The van der Waals surface area contributed by atoms with Gasteiger partial charge in [0.15, 0.2) is 0 Å². The van der Waals surface area contributed by atoms with Crippen molar-refractivity contribution in [1.29, 1.82) is 0 Å². The van der Waals surface area contributed by atoms with E-state index in [1.807, 2.05) is 6.20 Å². The van der Waals surface area contributed by atoms with Gasteiger partial charge in [-0.15, -0.1) is 11.3 Å². The van der Waals surface area contributed by atoms with Crippen molar-refractivity contribution in [1.82, 2.24) is 4.98 Å². The van der Waals surface area contributed by atoms with E-state index < -0.39 is 0 Å². The van der Waals surface area contributed by atoms with Crippen LogP contribution in [0.1, 0.15) is 56.3 Å². The summed E-state index contributed by atoms with van der Waals surface area (Å²) in [5.74, 6) is 0.555. The van der Waals surface area contributed by atoms with Crippen LogP contribution >= 0.6 is 11.3 Å². The normalized spacial score (nSPS) is 12.4. The predicted octanol–water partition coefficient (Wildman–Crippen LogP) is 3.24. The van der Waals surface area contributed by atoms with Crippen LogP contribution in [0.15, 0.2) is 6.20 Å². The van der Waals surface area contributed by atoms with E-state index in [1.165, 1.54) is 4.88 Å². The second-order valence-corrected chi connectivity index (χ2v) is 5.15. The Morgan fingerprint density at radius 2 is 2.00 bits per heavy atom. The van der Waals surface area contributed by atoms with E-state index in [0.717, 1.165) is 17.8 Å². The van der Waals surface area contributed by atoms with Crippen LogP contribution in [0.4, 0.5) is 0 Å². The Bertz CT molecular complexity index is 287. The zero-order valence-corrected chi connectivity index (χ0v) is 10.3. The molecule has 0 bridgehead atoms. The number of hydrogen-bond donors (Lipinski definition) is 1. The fourth-order valence-electron chi connectivity index (χ4n) is 1.34. The molecule has 0 unspecified atom stereocenters. The summed E-state index contributed by atoms with van der Waals surface area (Å²) in [4.78, 5) is 5.78. The lowest BCUT2D eigenvalue weighted by Crippen LogP contribution is -2.34. The Kier molecular flexibility index (Phi) is 3.67. The van der Waals surface area contributed by atoms with Gasteiger partial charge in [-0.25, -0.2) is 4.98 Å². The summed E-state index contributed by atoms with van der Waals surface area (Å²) in [6.45, 7) is 8.63. The molecule has 0 amide bonds. The highest BCUT2D eigenvalue weighted by Crippen LogP contribution is 2.31. The van der Waals surface area contributed by atoms with Crippen LogP contribution in [0, 0.1) is 0 Å². The molecule has 0 aromatic carbocycles. The highest BCUT2D eigenvalue weighted by molar-refractivity contribution is 7.11. The molecule has 0 saturated heterocycles. The third-order valence-electron chi connectivity index (χ3n) is 2.78. The lowest BCUT2D eigenvalue weighted by Gasteiger charge is -2.23. The topological polar surface area (TPSA) is 38.9 Å². The number of nitrogens with two attached hydrogens (primary N) is 1. The molecule has 0 aliphatic rings. The van der Waals surface area contributed by atoms with Gasteiger partial charge < -0.3 is 5.73 Å². The molecule has 2 nitrogen and oxygen atoms in total. The Labute approximate surface area is 90.6 Å². The second-order valence-electron chi connectivity index (χ2n) is 4.09. The Morgan fingerprint density at radius 1 is 1.43 bits per heavy atom. The summed E-state index contributed by atoms with van der Waals surface area (Å²) < 4.78 is 0. The number of thiazole rings is 1. The average Bonchev–Trinajstić information content (AvgIpc) is 2.66. The van der Waals surface area contributed by atoms with Crippen LogP contribution in [-0.2, 0) is 5.54 Å². The van der Waals surface area contributed by atoms with Crippen molar-refractivity contribution in [3.05, 3.63) is 16.1 Å². The standard InChI is InChI=1S/C11H20N2S/c1-5-11(12,6-2)10-13-7-9(14-10)8(3)4/h7-8H,5-6,12H2,1-4H3. The lowest BCUT2D eigenvalue weighted by molar-refractivity contribution is 0.411. The van der Waals surface area contributed by atoms with Crippen molar-refractivity contribution in [2.24, 2.45) is 5.73 Å². The van der Waals surface area contributed by atoms with Crippen molar-refractivity contribution in [2.75, 3.05) is 0 Å². The smallest absolute Gasteiger partial charge is 0.113 e. The van der Waals surface area contributed by atoms with Gasteiger partial charge in [0, 0.05) is 11.1 Å². The Morgan fingerprint density at radius 3 is 2.36 bits per heavy atom. The molecule has 1 heterocycles. The van der Waals surface area contributed by atoms with Crippen LogP contribution in [0.25, 0.3) is 0 Å². The number of rotatable bonds is 4. The van der Waals surface area contributed by atoms with Gasteiger partial charge in [-0.05, 0) is 18.8 Å². The summed E-state index contributed by atoms with van der Waals surface area (Å²) in [6.07, 6.45) is 3.88. The van der Waals surface area contributed by atoms with Crippen LogP contribution in [-0.4, -0.2) is 4.98 Å². The van der Waals surface area contributed by atoms with Gasteiger partial charge in [0.2, 0.25) is 0 Å². The third-order valence-corrected chi connectivity index (χ3v) is 4.30. The summed E-state index contributed by atoms with van der Waals surface area (Å²) >= 11 is 1.76. The quantitative estimate of drug-likeness (QED) is 0.832. The number of hydrogen-bond acceptors (Lipinski definition) is 3. The SMILES string of the molecule is CCC(N)(CC)c1ncc(C(C)C)s1. The van der Waals surface area contributed by atoms with Gasteiger partial charge >= 0.3 is 0 Å². The van der Waals surface area contributed by atoms with Crippen LogP contribution in [0.3, 0.4) is 0 Å². The molecule has 14 heavy (non-hydrogen) atoms. The highest BCUT2D eigenvalue weighted by atomic mass is 32.1. The maximum absolute atomic E-state index is 6.28. The predicted molar refractivity (Wildman–Crippen MR) is 62.7 cm³/mol. The molecule has 0 atom stereocenters. The molecule has 0 saturated carbocycles. The molecule has 1 aromatic rings. The van der Waals surface area contributed by atoms with Gasteiger partial charge in [0.1, 0.15) is 5.01 Å². The zero-order valence-electron chi connectivity index (χ0n) is 9.50. The van der Waals surface area contributed by atoms with E-state index in [4.69, 9.17) is 5.73 Å². The van der Waals surface area contributed by atoms with E-state index >= 15 is 0 Å². The minimum Gasteiger partial charge on any atom is -0.319 e. The van der Waals surface area contributed by atoms with Crippen LogP contribution in [0.2, 0.25) is 0 Å². The van der Waals surface area contributed by atoms with Crippen molar-refractivity contribution in [3.8, 4) is 0 Å². The molecule has 3 heteroatoms. The number of aromatic nitrogens is 1. The molecule has 0 aliphatic heterocycles. The van der Waals surface area contributed by atoms with E-state index in [1.54, 1.807) is 11.3 Å². The molecule has 0 radical (unpaired) electrons. The average molecular weight is 212 g/mol. The molecular weight excluding hydrogens is 192 g/mol. The first-order valence-corrected chi connectivity index (χ1v) is 6.10. The third kappa shape index (κ3) is 2.15. The fourth-order valence-corrected chi connectivity index (χ4v) is 2.50. The summed E-state index contributed by atoms with van der Waals surface area (Å²) in [6, 6.07) is 0. The van der Waals surface area contributed by atoms with Gasteiger partial charge in [-0.3, -0.25) is 0 Å². The summed E-state index contributed by atoms with van der Waals surface area (Å²) in [7, 11) is 0. The van der Waals surface area contributed by atoms with Crippen molar-refractivity contribution < 1.29 is 0 Å². The molecule has 1 rings (SSSR count). The minimum absolute atomic E-state index is 0.211. The molecule has 0 aliphatic carbocycles. The maximum Gasteiger partial charge on any atom is 0.113 e. The second kappa shape index (κ2) is 4.41. The lowest BCUT2D eigenvalue weighted by atomic mass is 9.95. The first-order chi connectivity index (χ1) is 6.53. The van der Waals surface area contributed by atoms with Gasteiger partial charge in [0.25, 0.3) is 0 Å². The van der Waals surface area contributed by atoms with E-state index in [-0.39, 0.29) is 5.54 Å². The first-order valence-electron chi connectivity index (χ1n) is 5.28. The van der Waals surface area contributed by atoms with E-state index in [0.29, 0.717) is 5.92 Å². The Hall–Kier alpha value is -0.410. The van der Waals surface area contributed by atoms with E-state index in [2.05, 4.69) is 32.7 Å². The largest absolute Gasteiger partial charge is 0.319 e.